The smallest absolute Gasteiger partial charge is 0.0647 e. The van der Waals surface area contributed by atoms with Gasteiger partial charge in [-0.05, 0) is 25.7 Å². The highest BCUT2D eigenvalue weighted by molar-refractivity contribution is 5.64. The first-order chi connectivity index (χ1) is 23.8. The number of carboxylic acid groups (broad SMARTS) is 2. The van der Waals surface area contributed by atoms with Crippen LogP contribution in [0.5, 0.6) is 0 Å². The second-order valence-electron chi connectivity index (χ2n) is 13.9. The number of rotatable bonds is 32. The van der Waals surface area contributed by atoms with E-state index < -0.39 is 11.9 Å². The van der Waals surface area contributed by atoms with Crippen LogP contribution in [0.25, 0.3) is 0 Å². The summed E-state index contributed by atoms with van der Waals surface area (Å²) in [6.07, 6.45) is 39.7. The van der Waals surface area contributed by atoms with Gasteiger partial charge in [0.25, 0.3) is 0 Å². The maximum atomic E-state index is 10.2. The minimum atomic E-state index is -0.903. The van der Waals surface area contributed by atoms with Crippen molar-refractivity contribution >= 4 is 11.9 Å². The van der Waals surface area contributed by atoms with Gasteiger partial charge >= 0.3 is 0 Å². The van der Waals surface area contributed by atoms with Gasteiger partial charge in [-0.1, -0.05) is 194 Å². The number of quaternary nitrogens is 3. The minimum absolute atomic E-state index is 0. The van der Waals surface area contributed by atoms with Crippen LogP contribution in [-0.2, 0) is 9.59 Å². The Morgan fingerprint density at radius 3 is 0.560 bits per heavy atom. The largest absolute Gasteiger partial charge is 1.00 e. The van der Waals surface area contributed by atoms with E-state index in [0.717, 1.165) is 25.7 Å². The number of aliphatic carboxylic acids is 2. The monoisotopic (exact) mass is 740 g/mol. The quantitative estimate of drug-likeness (QED) is 0.0914. The van der Waals surface area contributed by atoms with Gasteiger partial charge in [-0.2, -0.15) is 0 Å². The lowest BCUT2D eigenvalue weighted by atomic mass is 10.0. The summed E-state index contributed by atoms with van der Waals surface area (Å²) >= 11 is 0. The zero-order valence-corrected chi connectivity index (χ0v) is 36.1. The molecule has 0 aliphatic carbocycles. The number of unbranched alkanes of at least 4 members (excludes halogenated alkanes) is 28. The van der Waals surface area contributed by atoms with Gasteiger partial charge in [0.05, 0.1) is 42.3 Å². The highest BCUT2D eigenvalue weighted by Gasteiger charge is 1.96. The van der Waals surface area contributed by atoms with E-state index in [1.54, 1.807) is 0 Å². The maximum Gasteiger partial charge on any atom is 0.0647 e. The Bertz CT molecular complexity index is 508. The van der Waals surface area contributed by atoms with Crippen LogP contribution < -0.4 is 38.6 Å². The molecule has 0 atom stereocenters. The van der Waals surface area contributed by atoms with Gasteiger partial charge in [-0.3, -0.25) is 0 Å². The van der Waals surface area contributed by atoms with E-state index in [0.29, 0.717) is 0 Å². The summed E-state index contributed by atoms with van der Waals surface area (Å²) in [5.41, 5.74) is 0. The van der Waals surface area contributed by atoms with Gasteiger partial charge in [0.1, 0.15) is 0 Å². The van der Waals surface area contributed by atoms with Crippen molar-refractivity contribution in [2.75, 3.05) is 42.3 Å². The fourth-order valence-electron chi connectivity index (χ4n) is 5.28. The van der Waals surface area contributed by atoms with Crippen molar-refractivity contribution in [2.24, 2.45) is 0 Å². The average molecular weight is 741 g/mol. The molecule has 0 unspecified atom stereocenters. The van der Waals surface area contributed by atoms with Gasteiger partial charge in [0, 0.05) is 11.9 Å². The number of hydrogen-bond donors (Lipinski definition) is 3. The summed E-state index contributed by atoms with van der Waals surface area (Å²) in [6.45, 7) is 4.53. The molecule has 0 amide bonds. The van der Waals surface area contributed by atoms with E-state index in [9.17, 15) is 19.8 Å². The molecule has 0 aromatic carbocycles. The van der Waals surface area contributed by atoms with Crippen LogP contribution in [0.2, 0.25) is 0 Å². The Labute approximate surface area is 320 Å². The molecule has 0 radical (unpaired) electrons. The topological polar surface area (TPSA) is 130 Å². The molecule has 308 valence electrons. The van der Waals surface area contributed by atoms with E-state index in [1.807, 2.05) is 58.2 Å². The van der Waals surface area contributed by atoms with Crippen molar-refractivity contribution in [1.29, 1.82) is 0 Å². The molecule has 0 aromatic heterocycles. The molecule has 0 heterocycles. The fourth-order valence-corrected chi connectivity index (χ4v) is 5.28. The molecule has 6 N–H and O–H groups in total. The Morgan fingerprint density at radius 2 is 0.440 bits per heavy atom. The molecule has 50 heavy (non-hydrogen) atoms. The standard InChI is InChI=1S/2C18H36O2.3C2H7N.ClH/c2*1-2-3-4-5-6-7-8-9-10-11-12-13-14-15-16-17-18(19)20;3*1-3-2;/h2*2-17H2,1H3,(H,19,20);3*3H,1-2H3;1H. The summed E-state index contributed by atoms with van der Waals surface area (Å²) in [4.78, 5) is 20.4. The van der Waals surface area contributed by atoms with Crippen molar-refractivity contribution in [2.45, 2.75) is 219 Å². The van der Waals surface area contributed by atoms with Crippen LogP contribution in [0, 0.1) is 0 Å². The first kappa shape index (κ1) is 61.2. The number of halogens is 1. The predicted molar refractivity (Wildman–Crippen MR) is 210 cm³/mol. The lowest BCUT2D eigenvalue weighted by molar-refractivity contribution is -0.597. The lowest BCUT2D eigenvalue weighted by Crippen LogP contribution is -3.00. The molecule has 0 saturated heterocycles. The molecule has 0 spiro atoms. The number of nitrogens with two attached hydrogens (primary N) is 3. The Morgan fingerprint density at radius 1 is 0.320 bits per heavy atom. The fraction of sp³-hybridized carbons (Fsp3) is 0.952. The van der Waals surface area contributed by atoms with Crippen LogP contribution in [-0.4, -0.2) is 54.2 Å². The third kappa shape index (κ3) is 91.4. The molecule has 0 fully saturated rings. The van der Waals surface area contributed by atoms with E-state index in [1.165, 1.54) is 167 Å². The van der Waals surface area contributed by atoms with Gasteiger partial charge in [-0.15, -0.1) is 0 Å². The zero-order chi connectivity index (χ0) is 37.9. The molecule has 0 saturated carbocycles. The number of carboxylic acids is 2. The number of carbonyl (C=O) groups is 2. The van der Waals surface area contributed by atoms with Gasteiger partial charge in [0.2, 0.25) is 0 Å². The van der Waals surface area contributed by atoms with Crippen LogP contribution in [0.4, 0.5) is 0 Å². The van der Waals surface area contributed by atoms with Crippen molar-refractivity contribution in [3.05, 3.63) is 0 Å². The van der Waals surface area contributed by atoms with Crippen molar-refractivity contribution in [3.8, 4) is 0 Å². The number of carbonyl (C=O) groups excluding carboxylic acids is 2. The number of hydrogen-bond acceptors (Lipinski definition) is 4. The average Bonchev–Trinajstić information content (AvgIpc) is 3.06. The summed E-state index contributed by atoms with van der Waals surface area (Å²) in [5.74, 6) is -1.81. The molecule has 8 heteroatoms. The first-order valence-corrected chi connectivity index (χ1v) is 21.4. The zero-order valence-electron chi connectivity index (χ0n) is 35.4. The second-order valence-corrected chi connectivity index (χ2v) is 13.9. The van der Waals surface area contributed by atoms with E-state index in [2.05, 4.69) is 13.8 Å². The Balaban J connectivity index is -0.000000153. The van der Waals surface area contributed by atoms with Crippen LogP contribution >= 0.6 is 0 Å². The van der Waals surface area contributed by atoms with Crippen molar-refractivity contribution in [3.63, 3.8) is 0 Å². The van der Waals surface area contributed by atoms with Gasteiger partial charge < -0.3 is 48.2 Å². The van der Waals surface area contributed by atoms with Crippen LogP contribution in [0.15, 0.2) is 0 Å². The molecule has 0 aromatic rings. The van der Waals surface area contributed by atoms with Crippen LogP contribution in [0.1, 0.15) is 219 Å². The van der Waals surface area contributed by atoms with E-state index >= 15 is 0 Å². The Hall–Kier alpha value is -0.890. The maximum absolute atomic E-state index is 10.2. The Kier molecular flexibility index (Phi) is 81.2. The summed E-state index contributed by atoms with van der Waals surface area (Å²) < 4.78 is 0. The molecule has 0 rings (SSSR count). The summed E-state index contributed by atoms with van der Waals surface area (Å²) in [7, 11) is 12.0. The SMILES string of the molecule is CCCCCCCCCCCCCCCCCC(=O)[O-].CCCCCCCCCCCCCCCCCC(=O)[O-].C[NH2+]C.C[NH2+]C.C[NH2+]C.[Cl-]. The van der Waals surface area contributed by atoms with Gasteiger partial charge in [-0.25, -0.2) is 0 Å². The predicted octanol–water partition coefficient (Wildman–Crippen LogP) is 3.43. The molecular formula is C42H94ClN3O4. The van der Waals surface area contributed by atoms with Crippen molar-refractivity contribution < 1.29 is 48.2 Å². The molecule has 7 nitrogen and oxygen atoms in total. The third-order valence-electron chi connectivity index (χ3n) is 7.97. The lowest BCUT2D eigenvalue weighted by Gasteiger charge is -2.04. The van der Waals surface area contributed by atoms with Gasteiger partial charge in [0.15, 0.2) is 0 Å². The van der Waals surface area contributed by atoms with E-state index in [-0.39, 0.29) is 25.2 Å². The summed E-state index contributed by atoms with van der Waals surface area (Å²) in [6, 6.07) is 0. The molecular weight excluding hydrogens is 646 g/mol. The molecule has 0 aliphatic rings. The highest BCUT2D eigenvalue weighted by Crippen LogP contribution is 2.15. The second kappa shape index (κ2) is 66.4. The first-order valence-electron chi connectivity index (χ1n) is 21.4. The van der Waals surface area contributed by atoms with Crippen molar-refractivity contribution in [1.82, 2.24) is 0 Å². The van der Waals surface area contributed by atoms with Crippen LogP contribution in [0.3, 0.4) is 0 Å². The summed E-state index contributed by atoms with van der Waals surface area (Å²) in [5, 5.41) is 26.4. The molecule has 0 bridgehead atoms. The highest BCUT2D eigenvalue weighted by atomic mass is 35.5. The molecule has 0 aliphatic heterocycles. The minimum Gasteiger partial charge on any atom is -1.00 e. The van der Waals surface area contributed by atoms with E-state index in [4.69, 9.17) is 0 Å². The third-order valence-corrected chi connectivity index (χ3v) is 7.97. The normalized spacial score (nSPS) is 9.76.